The molecule has 0 radical (unpaired) electrons. The summed E-state index contributed by atoms with van der Waals surface area (Å²) in [4.78, 5) is 40.1. The second-order valence-electron chi connectivity index (χ2n) is 7.99. The Morgan fingerprint density at radius 2 is 2.03 bits per heavy atom. The number of rotatable bonds is 5. The van der Waals surface area contributed by atoms with Crippen LogP contribution in [0.5, 0.6) is 0 Å². The molecule has 2 amide bonds. The van der Waals surface area contributed by atoms with Crippen molar-refractivity contribution in [1.82, 2.24) is 29.6 Å². The third kappa shape index (κ3) is 3.90. The summed E-state index contributed by atoms with van der Waals surface area (Å²) in [5, 5.41) is 8.84. The molecule has 0 unspecified atom stereocenters. The average molecular weight is 475 g/mol. The third-order valence-electron chi connectivity index (χ3n) is 5.78. The van der Waals surface area contributed by atoms with Crippen molar-refractivity contribution in [3.8, 4) is 11.3 Å². The smallest absolute Gasteiger partial charge is 0.257 e. The highest BCUT2D eigenvalue weighted by atomic mass is 32.1. The summed E-state index contributed by atoms with van der Waals surface area (Å²) in [6.07, 6.45) is 5.20. The number of hydrogen-bond donors (Lipinski definition) is 2. The summed E-state index contributed by atoms with van der Waals surface area (Å²) >= 11 is 1.42. The number of nitrogens with zero attached hydrogens (tertiary/aromatic N) is 6. The van der Waals surface area contributed by atoms with Crippen LogP contribution >= 0.6 is 11.3 Å². The summed E-state index contributed by atoms with van der Waals surface area (Å²) in [5.74, 6) is -0.0172. The lowest BCUT2D eigenvalue weighted by Gasteiger charge is -2.14. The van der Waals surface area contributed by atoms with Crippen molar-refractivity contribution in [2.24, 2.45) is 0 Å². The first kappa shape index (κ1) is 21.7. The normalized spacial score (nSPS) is 15.6. The second-order valence-corrected chi connectivity index (χ2v) is 9.22. The van der Waals surface area contributed by atoms with Gasteiger partial charge in [0.1, 0.15) is 17.8 Å². The van der Waals surface area contributed by atoms with Crippen LogP contribution in [0.2, 0.25) is 0 Å². The highest BCUT2D eigenvalue weighted by Crippen LogP contribution is 2.34. The van der Waals surface area contributed by atoms with Gasteiger partial charge in [0.2, 0.25) is 5.91 Å². The zero-order valence-corrected chi connectivity index (χ0v) is 19.2. The second kappa shape index (κ2) is 8.67. The van der Waals surface area contributed by atoms with Crippen LogP contribution in [0.25, 0.3) is 22.3 Å². The number of anilines is 2. The molecule has 4 heterocycles. The monoisotopic (exact) mass is 474 g/mol. The van der Waals surface area contributed by atoms with Crippen LogP contribution in [-0.2, 0) is 4.79 Å². The van der Waals surface area contributed by atoms with Gasteiger partial charge in [0.25, 0.3) is 5.91 Å². The molecule has 172 valence electrons. The van der Waals surface area contributed by atoms with Gasteiger partial charge in [-0.25, -0.2) is 19.6 Å². The molecule has 1 saturated heterocycles. The van der Waals surface area contributed by atoms with Crippen LogP contribution in [0.1, 0.15) is 27.7 Å². The van der Waals surface area contributed by atoms with Crippen LogP contribution in [0.3, 0.4) is 0 Å². The largest absolute Gasteiger partial charge is 0.383 e. The lowest BCUT2D eigenvalue weighted by Crippen LogP contribution is -2.27. The van der Waals surface area contributed by atoms with Gasteiger partial charge in [-0.2, -0.15) is 5.10 Å². The van der Waals surface area contributed by atoms with E-state index in [1.54, 1.807) is 23.2 Å². The molecule has 0 spiro atoms. The summed E-state index contributed by atoms with van der Waals surface area (Å²) in [7, 11) is 0. The van der Waals surface area contributed by atoms with E-state index in [2.05, 4.69) is 26.8 Å². The van der Waals surface area contributed by atoms with Gasteiger partial charge in [-0.3, -0.25) is 14.9 Å². The molecule has 0 bridgehead atoms. The number of thiazole rings is 1. The number of aromatic nitrogens is 5. The van der Waals surface area contributed by atoms with E-state index in [1.165, 1.54) is 23.7 Å². The van der Waals surface area contributed by atoms with Gasteiger partial charge < -0.3 is 10.6 Å². The minimum absolute atomic E-state index is 0.0405. The molecule has 3 N–H and O–H groups in total. The molecule has 5 rings (SSSR count). The molecule has 11 heteroatoms. The Labute approximate surface area is 199 Å². The molecule has 1 aliphatic rings. The average Bonchev–Trinajstić information content (AvgIpc) is 3.57. The Morgan fingerprint density at radius 3 is 2.74 bits per heavy atom. The maximum absolute atomic E-state index is 12.6. The summed E-state index contributed by atoms with van der Waals surface area (Å²) in [6.45, 7) is 6.64. The number of carbonyl (C=O) groups excluding carboxylic acids is 2. The van der Waals surface area contributed by atoms with Crippen LogP contribution in [0.4, 0.5) is 10.9 Å². The van der Waals surface area contributed by atoms with E-state index >= 15 is 0 Å². The van der Waals surface area contributed by atoms with Crippen molar-refractivity contribution in [1.29, 1.82) is 0 Å². The number of aryl methyl sites for hydroxylation is 1. The Hall–Kier alpha value is -4.12. The number of benzene rings is 1. The maximum Gasteiger partial charge on any atom is 0.257 e. The van der Waals surface area contributed by atoms with Crippen molar-refractivity contribution in [3.05, 3.63) is 59.9 Å². The molecule has 34 heavy (non-hydrogen) atoms. The Kier molecular flexibility index (Phi) is 5.54. The van der Waals surface area contributed by atoms with Gasteiger partial charge in [-0.1, -0.05) is 18.7 Å². The minimum Gasteiger partial charge on any atom is -0.383 e. The number of nitrogens with two attached hydrogens (primary N) is 1. The molecule has 1 fully saturated rings. The lowest BCUT2D eigenvalue weighted by atomic mass is 10.1. The van der Waals surface area contributed by atoms with Gasteiger partial charge in [-0.05, 0) is 31.6 Å². The number of amides is 2. The predicted molar refractivity (Wildman–Crippen MR) is 130 cm³/mol. The molecule has 1 atom stereocenters. The fourth-order valence-electron chi connectivity index (χ4n) is 4.08. The summed E-state index contributed by atoms with van der Waals surface area (Å²) < 4.78 is 1.82. The topological polar surface area (TPSA) is 132 Å². The van der Waals surface area contributed by atoms with E-state index in [9.17, 15) is 9.59 Å². The van der Waals surface area contributed by atoms with Crippen LogP contribution in [0.15, 0.2) is 49.4 Å². The SMILES string of the molecule is C=CC(=O)N1CC[C@@H](n2nc(-c3ccc(C(=O)Nc4ncc(C)s4)cc3)c3c(N)ncnc32)C1. The predicted octanol–water partition coefficient (Wildman–Crippen LogP) is 3.05. The zero-order chi connectivity index (χ0) is 23.8. The number of hydrogen-bond acceptors (Lipinski definition) is 8. The van der Waals surface area contributed by atoms with Gasteiger partial charge in [0, 0.05) is 35.3 Å². The number of likely N-dealkylation sites (tertiary alicyclic amines) is 1. The standard InChI is InChI=1S/C23H22N8O2S/c1-3-17(32)30-9-8-16(11-30)31-21-18(20(24)26-12-27-21)19(29-31)14-4-6-15(7-5-14)22(33)28-23-25-10-13(2)34-23/h3-7,10,12,16H,1,8-9,11H2,2H3,(H2,24,26,27)(H,25,28,33)/t16-/m1/s1. The maximum atomic E-state index is 12.6. The molecular weight excluding hydrogens is 452 g/mol. The van der Waals surface area contributed by atoms with Crippen LogP contribution < -0.4 is 11.1 Å². The van der Waals surface area contributed by atoms with Crippen LogP contribution in [-0.4, -0.2) is 54.5 Å². The van der Waals surface area contributed by atoms with E-state index < -0.39 is 0 Å². The molecule has 0 saturated carbocycles. The van der Waals surface area contributed by atoms with Gasteiger partial charge in [-0.15, -0.1) is 11.3 Å². The Balaban J connectivity index is 1.46. The van der Waals surface area contributed by atoms with Gasteiger partial charge in [0.15, 0.2) is 10.8 Å². The van der Waals surface area contributed by atoms with E-state index in [-0.39, 0.29) is 17.9 Å². The molecule has 4 aromatic rings. The first-order valence-corrected chi connectivity index (χ1v) is 11.5. The highest BCUT2D eigenvalue weighted by molar-refractivity contribution is 7.15. The molecule has 10 nitrogen and oxygen atoms in total. The van der Waals surface area contributed by atoms with E-state index in [1.807, 2.05) is 23.7 Å². The Morgan fingerprint density at radius 1 is 1.24 bits per heavy atom. The molecule has 3 aromatic heterocycles. The number of fused-ring (bicyclic) bond motifs is 1. The van der Waals surface area contributed by atoms with Crippen molar-refractivity contribution < 1.29 is 9.59 Å². The molecular formula is C23H22N8O2S. The van der Waals surface area contributed by atoms with Crippen molar-refractivity contribution >= 4 is 45.1 Å². The fourth-order valence-corrected chi connectivity index (χ4v) is 4.74. The van der Waals surface area contributed by atoms with Gasteiger partial charge >= 0.3 is 0 Å². The Bertz CT molecular complexity index is 1410. The first-order valence-electron chi connectivity index (χ1n) is 10.7. The van der Waals surface area contributed by atoms with Crippen molar-refractivity contribution in [2.75, 3.05) is 24.1 Å². The fraction of sp³-hybridized carbons (Fsp3) is 0.217. The van der Waals surface area contributed by atoms with E-state index in [0.717, 1.165) is 16.9 Å². The summed E-state index contributed by atoms with van der Waals surface area (Å²) in [5.41, 5.74) is 8.74. The molecule has 0 aliphatic carbocycles. The minimum atomic E-state index is -0.239. The number of nitrogen functional groups attached to an aromatic ring is 1. The van der Waals surface area contributed by atoms with Crippen molar-refractivity contribution in [3.63, 3.8) is 0 Å². The van der Waals surface area contributed by atoms with Crippen LogP contribution in [0, 0.1) is 6.92 Å². The zero-order valence-electron chi connectivity index (χ0n) is 18.4. The number of nitrogens with one attached hydrogen (secondary N) is 1. The highest BCUT2D eigenvalue weighted by Gasteiger charge is 2.30. The van der Waals surface area contributed by atoms with E-state index in [4.69, 9.17) is 10.8 Å². The third-order valence-corrected chi connectivity index (χ3v) is 6.60. The molecule has 1 aromatic carbocycles. The van der Waals surface area contributed by atoms with Gasteiger partial charge in [0.05, 0.1) is 11.4 Å². The quantitative estimate of drug-likeness (QED) is 0.425. The first-order chi connectivity index (χ1) is 16.4. The summed E-state index contributed by atoms with van der Waals surface area (Å²) in [6, 6.07) is 7.07. The van der Waals surface area contributed by atoms with Crippen molar-refractivity contribution in [2.45, 2.75) is 19.4 Å². The number of carbonyl (C=O) groups is 2. The lowest BCUT2D eigenvalue weighted by molar-refractivity contribution is -0.125. The van der Waals surface area contributed by atoms with E-state index in [0.29, 0.717) is 46.3 Å². The molecule has 1 aliphatic heterocycles.